The number of halogens is 1. The number of aryl methyl sites for hydroxylation is 1. The van der Waals surface area contributed by atoms with Crippen molar-refractivity contribution in [2.24, 2.45) is 0 Å². The van der Waals surface area contributed by atoms with Crippen LogP contribution in [0.4, 0.5) is 4.39 Å². The van der Waals surface area contributed by atoms with Crippen molar-refractivity contribution in [1.29, 1.82) is 0 Å². The molecule has 3 nitrogen and oxygen atoms in total. The van der Waals surface area contributed by atoms with Crippen LogP contribution in [0.25, 0.3) is 10.9 Å². The van der Waals surface area contributed by atoms with E-state index in [1.165, 1.54) is 12.1 Å². The lowest BCUT2D eigenvalue weighted by Gasteiger charge is -2.04. The summed E-state index contributed by atoms with van der Waals surface area (Å²) in [5.41, 5.74) is 1.99. The van der Waals surface area contributed by atoms with Crippen molar-refractivity contribution in [1.82, 2.24) is 4.98 Å². The first-order valence-corrected chi connectivity index (χ1v) is 7.12. The normalized spacial score (nSPS) is 10.9. The van der Waals surface area contributed by atoms with Gasteiger partial charge in [0.05, 0.1) is 6.61 Å². The van der Waals surface area contributed by atoms with Crippen LogP contribution in [0.5, 0.6) is 0 Å². The molecule has 0 aliphatic heterocycles. The van der Waals surface area contributed by atoms with E-state index in [9.17, 15) is 9.18 Å². The minimum absolute atomic E-state index is 0.128. The van der Waals surface area contributed by atoms with Crippen molar-refractivity contribution in [3.8, 4) is 0 Å². The minimum atomic E-state index is -0.232. The summed E-state index contributed by atoms with van der Waals surface area (Å²) in [6, 6.07) is 4.71. The van der Waals surface area contributed by atoms with Crippen LogP contribution >= 0.6 is 0 Å². The molecule has 20 heavy (non-hydrogen) atoms. The number of H-pyrrole nitrogens is 1. The number of aromatic amines is 1. The molecular formula is C16H20FNO2. The fourth-order valence-corrected chi connectivity index (χ4v) is 2.20. The second kappa shape index (κ2) is 7.08. The Labute approximate surface area is 118 Å². The van der Waals surface area contributed by atoms with E-state index < -0.39 is 0 Å². The summed E-state index contributed by atoms with van der Waals surface area (Å²) in [7, 11) is 0. The average Bonchev–Trinajstić information content (AvgIpc) is 2.83. The minimum Gasteiger partial charge on any atom is -0.466 e. The van der Waals surface area contributed by atoms with Gasteiger partial charge >= 0.3 is 5.97 Å². The third-order valence-corrected chi connectivity index (χ3v) is 3.32. The molecule has 0 amide bonds. The lowest BCUT2D eigenvalue weighted by Crippen LogP contribution is -2.06. The maximum Gasteiger partial charge on any atom is 0.305 e. The topological polar surface area (TPSA) is 42.1 Å². The summed E-state index contributed by atoms with van der Waals surface area (Å²) >= 11 is 0. The van der Waals surface area contributed by atoms with Gasteiger partial charge < -0.3 is 9.72 Å². The molecule has 4 heteroatoms. The number of aromatic nitrogens is 1. The monoisotopic (exact) mass is 277 g/mol. The third-order valence-electron chi connectivity index (χ3n) is 3.32. The van der Waals surface area contributed by atoms with Gasteiger partial charge in [-0.15, -0.1) is 0 Å². The number of carbonyl (C=O) groups is 1. The maximum absolute atomic E-state index is 13.2. The number of esters is 1. The number of fused-ring (bicyclic) bond motifs is 1. The van der Waals surface area contributed by atoms with Gasteiger partial charge in [-0.1, -0.05) is 13.3 Å². The molecule has 1 aromatic carbocycles. The lowest BCUT2D eigenvalue weighted by atomic mass is 10.1. The molecule has 1 N–H and O–H groups in total. The number of hydrogen-bond donors (Lipinski definition) is 1. The van der Waals surface area contributed by atoms with Crippen molar-refractivity contribution < 1.29 is 13.9 Å². The SMILES string of the molecule is CCCCC(=O)OCCCc1c[nH]c2ccc(F)cc12. The molecule has 0 atom stereocenters. The van der Waals surface area contributed by atoms with Gasteiger partial charge in [0.15, 0.2) is 0 Å². The maximum atomic E-state index is 13.2. The second-order valence-corrected chi connectivity index (χ2v) is 4.93. The largest absolute Gasteiger partial charge is 0.466 e. The highest BCUT2D eigenvalue weighted by atomic mass is 19.1. The van der Waals surface area contributed by atoms with Crippen LogP contribution in [-0.4, -0.2) is 17.6 Å². The highest BCUT2D eigenvalue weighted by molar-refractivity contribution is 5.83. The summed E-state index contributed by atoms with van der Waals surface area (Å²) in [5.74, 6) is -0.360. The van der Waals surface area contributed by atoms with Crippen molar-refractivity contribution >= 4 is 16.9 Å². The van der Waals surface area contributed by atoms with Gasteiger partial charge in [-0.2, -0.15) is 0 Å². The molecule has 108 valence electrons. The van der Waals surface area contributed by atoms with Gasteiger partial charge in [0.25, 0.3) is 0 Å². The van der Waals surface area contributed by atoms with E-state index in [-0.39, 0.29) is 11.8 Å². The summed E-state index contributed by atoms with van der Waals surface area (Å²) in [4.78, 5) is 14.5. The fraction of sp³-hybridized carbons (Fsp3) is 0.438. The summed E-state index contributed by atoms with van der Waals surface area (Å²) in [6.45, 7) is 2.47. The highest BCUT2D eigenvalue weighted by Gasteiger charge is 2.06. The average molecular weight is 277 g/mol. The third kappa shape index (κ3) is 3.83. The lowest BCUT2D eigenvalue weighted by molar-refractivity contribution is -0.143. The Morgan fingerprint density at radius 3 is 3.00 bits per heavy atom. The molecular weight excluding hydrogens is 257 g/mol. The van der Waals surface area contributed by atoms with Crippen LogP contribution < -0.4 is 0 Å². The van der Waals surface area contributed by atoms with E-state index in [0.29, 0.717) is 13.0 Å². The van der Waals surface area contributed by atoms with E-state index in [1.807, 2.05) is 13.1 Å². The van der Waals surface area contributed by atoms with Crippen molar-refractivity contribution in [2.75, 3.05) is 6.61 Å². The molecule has 0 spiro atoms. The molecule has 2 aromatic rings. The van der Waals surface area contributed by atoms with Gasteiger partial charge in [0, 0.05) is 23.5 Å². The van der Waals surface area contributed by atoms with E-state index in [0.717, 1.165) is 42.1 Å². The molecule has 1 heterocycles. The summed E-state index contributed by atoms with van der Waals surface area (Å²) in [5, 5.41) is 0.905. The predicted octanol–water partition coefficient (Wildman–Crippen LogP) is 3.97. The van der Waals surface area contributed by atoms with Crippen LogP contribution in [-0.2, 0) is 16.0 Å². The smallest absolute Gasteiger partial charge is 0.305 e. The van der Waals surface area contributed by atoms with Crippen LogP contribution in [0.3, 0.4) is 0 Å². The number of benzene rings is 1. The van der Waals surface area contributed by atoms with Crippen molar-refractivity contribution in [3.63, 3.8) is 0 Å². The second-order valence-electron chi connectivity index (χ2n) is 4.93. The standard InChI is InChI=1S/C16H20FNO2/c1-2-3-6-16(19)20-9-4-5-12-11-18-15-8-7-13(17)10-14(12)15/h7-8,10-11,18H,2-6,9H2,1H3. The molecule has 0 aliphatic rings. The number of carbonyl (C=O) groups excluding carboxylic acids is 1. The Morgan fingerprint density at radius 1 is 1.35 bits per heavy atom. The zero-order chi connectivity index (χ0) is 14.4. The molecule has 0 saturated heterocycles. The van der Waals surface area contributed by atoms with E-state index >= 15 is 0 Å². The summed E-state index contributed by atoms with van der Waals surface area (Å²) < 4.78 is 18.4. The van der Waals surface area contributed by atoms with E-state index in [2.05, 4.69) is 4.98 Å². The molecule has 0 radical (unpaired) electrons. The van der Waals surface area contributed by atoms with Crippen molar-refractivity contribution in [2.45, 2.75) is 39.0 Å². The molecule has 1 aromatic heterocycles. The Morgan fingerprint density at radius 2 is 2.20 bits per heavy atom. The first kappa shape index (κ1) is 14.6. The molecule has 2 rings (SSSR count). The molecule has 0 saturated carbocycles. The highest BCUT2D eigenvalue weighted by Crippen LogP contribution is 2.20. The van der Waals surface area contributed by atoms with Crippen molar-refractivity contribution in [3.05, 3.63) is 35.8 Å². The van der Waals surface area contributed by atoms with Gasteiger partial charge in [-0.05, 0) is 43.0 Å². The van der Waals surface area contributed by atoms with E-state index in [1.54, 1.807) is 6.07 Å². The van der Waals surface area contributed by atoms with Gasteiger partial charge in [0.1, 0.15) is 5.82 Å². The van der Waals surface area contributed by atoms with Crippen LogP contribution in [0.1, 0.15) is 38.2 Å². The Kier molecular flexibility index (Phi) is 5.16. The number of hydrogen-bond acceptors (Lipinski definition) is 2. The zero-order valence-corrected chi connectivity index (χ0v) is 11.7. The number of nitrogens with one attached hydrogen (secondary N) is 1. The first-order chi connectivity index (χ1) is 9.70. The van der Waals surface area contributed by atoms with Gasteiger partial charge in [-0.25, -0.2) is 4.39 Å². The number of rotatable bonds is 7. The van der Waals surface area contributed by atoms with Crippen LogP contribution in [0.15, 0.2) is 24.4 Å². The van der Waals surface area contributed by atoms with Crippen LogP contribution in [0.2, 0.25) is 0 Å². The summed E-state index contributed by atoms with van der Waals surface area (Å²) in [6.07, 6.45) is 5.78. The quantitative estimate of drug-likeness (QED) is 0.614. The first-order valence-electron chi connectivity index (χ1n) is 7.12. The van der Waals surface area contributed by atoms with Gasteiger partial charge in [-0.3, -0.25) is 4.79 Å². The zero-order valence-electron chi connectivity index (χ0n) is 11.7. The number of unbranched alkanes of at least 4 members (excludes halogenated alkanes) is 1. The Hall–Kier alpha value is -1.84. The predicted molar refractivity (Wildman–Crippen MR) is 77.1 cm³/mol. The van der Waals surface area contributed by atoms with Gasteiger partial charge in [0.2, 0.25) is 0 Å². The Bertz CT molecular complexity index is 577. The molecule has 0 fully saturated rings. The fourth-order valence-electron chi connectivity index (χ4n) is 2.20. The number of ether oxygens (including phenoxy) is 1. The molecule has 0 bridgehead atoms. The Balaban J connectivity index is 1.81. The van der Waals surface area contributed by atoms with Crippen LogP contribution in [0, 0.1) is 5.82 Å². The molecule has 0 aliphatic carbocycles. The molecule has 0 unspecified atom stereocenters. The van der Waals surface area contributed by atoms with E-state index in [4.69, 9.17) is 4.74 Å².